The highest BCUT2D eigenvalue weighted by Crippen LogP contribution is 2.46. The van der Waals surface area contributed by atoms with Crippen molar-refractivity contribution in [2.75, 3.05) is 11.9 Å². The largest absolute Gasteiger partial charge is 0.586 e. The molecule has 2 aliphatic rings. The van der Waals surface area contributed by atoms with Gasteiger partial charge >= 0.3 is 18.4 Å². The number of hydrogen-bond donors (Lipinski definition) is 2. The van der Waals surface area contributed by atoms with Crippen molar-refractivity contribution in [1.29, 1.82) is 0 Å². The zero-order valence-corrected chi connectivity index (χ0v) is 18.6. The molecule has 2 heterocycles. The molecule has 2 N–H and O–H groups in total. The molecule has 9 nitrogen and oxygen atoms in total. The molecule has 2 aliphatic heterocycles. The molecule has 11 heteroatoms. The standard InChI is InChI=1S/C23H23F2NO8/c1-22(2,3)34-21(29)26-14-6-13(20-18(8-14)32-23(24,25)33-20)11-30-15-4-5-16-12(7-19(27)28)10-31-17(16)9-15/h4-6,8-9,12H,7,10-11H2,1-3H3,(H,26,29)(H,27,28)/t12-/m1/s1. The van der Waals surface area contributed by atoms with E-state index in [1.807, 2.05) is 0 Å². The molecule has 0 spiro atoms. The van der Waals surface area contributed by atoms with Crippen molar-refractivity contribution >= 4 is 17.7 Å². The Hall–Kier alpha value is -3.76. The van der Waals surface area contributed by atoms with Gasteiger partial charge in [-0.25, -0.2) is 4.79 Å². The fourth-order valence-electron chi connectivity index (χ4n) is 3.61. The van der Waals surface area contributed by atoms with Gasteiger partial charge in [0.15, 0.2) is 11.5 Å². The summed E-state index contributed by atoms with van der Waals surface area (Å²) >= 11 is 0. The first-order valence-electron chi connectivity index (χ1n) is 10.4. The molecule has 1 amide bonds. The lowest BCUT2D eigenvalue weighted by molar-refractivity contribution is -0.287. The van der Waals surface area contributed by atoms with E-state index in [0.717, 1.165) is 5.56 Å². The van der Waals surface area contributed by atoms with E-state index in [0.29, 0.717) is 11.5 Å². The first-order valence-corrected chi connectivity index (χ1v) is 10.4. The monoisotopic (exact) mass is 479 g/mol. The van der Waals surface area contributed by atoms with Crippen molar-refractivity contribution in [3.05, 3.63) is 41.5 Å². The van der Waals surface area contributed by atoms with Crippen LogP contribution in [0.4, 0.5) is 19.3 Å². The summed E-state index contributed by atoms with van der Waals surface area (Å²) in [6.07, 6.45) is -4.68. The van der Waals surface area contributed by atoms with Crippen molar-refractivity contribution < 1.29 is 47.2 Å². The van der Waals surface area contributed by atoms with Crippen molar-refractivity contribution in [2.24, 2.45) is 0 Å². The Labute approximate surface area is 193 Å². The Kier molecular flexibility index (Phi) is 5.88. The van der Waals surface area contributed by atoms with E-state index >= 15 is 0 Å². The lowest BCUT2D eigenvalue weighted by atomic mass is 9.98. The summed E-state index contributed by atoms with van der Waals surface area (Å²) in [5.74, 6) is -0.771. The number of alkyl halides is 2. The van der Waals surface area contributed by atoms with Crippen molar-refractivity contribution in [3.8, 4) is 23.0 Å². The van der Waals surface area contributed by atoms with Crippen LogP contribution in [0.15, 0.2) is 30.3 Å². The Bertz CT molecular complexity index is 1130. The van der Waals surface area contributed by atoms with Gasteiger partial charge in [-0.3, -0.25) is 10.1 Å². The number of rotatable bonds is 6. The maximum Gasteiger partial charge on any atom is 0.586 e. The summed E-state index contributed by atoms with van der Waals surface area (Å²) in [7, 11) is 0. The molecule has 34 heavy (non-hydrogen) atoms. The van der Waals surface area contributed by atoms with Gasteiger partial charge in [-0.15, -0.1) is 8.78 Å². The highest BCUT2D eigenvalue weighted by molar-refractivity contribution is 5.86. The molecule has 0 radical (unpaired) electrons. The van der Waals surface area contributed by atoms with Crippen LogP contribution in [0.25, 0.3) is 0 Å². The summed E-state index contributed by atoms with van der Waals surface area (Å²) in [6.45, 7) is 5.13. The summed E-state index contributed by atoms with van der Waals surface area (Å²) in [4.78, 5) is 23.1. The van der Waals surface area contributed by atoms with E-state index in [1.54, 1.807) is 39.0 Å². The second kappa shape index (κ2) is 8.54. The third kappa shape index (κ3) is 5.41. The first-order chi connectivity index (χ1) is 15.9. The first kappa shape index (κ1) is 23.4. The highest BCUT2D eigenvalue weighted by atomic mass is 19.3. The van der Waals surface area contributed by atoms with Gasteiger partial charge < -0.3 is 28.8 Å². The molecular formula is C23H23F2NO8. The van der Waals surface area contributed by atoms with Gasteiger partial charge in [-0.1, -0.05) is 6.07 Å². The maximum atomic E-state index is 13.7. The Morgan fingerprint density at radius 3 is 2.65 bits per heavy atom. The van der Waals surface area contributed by atoms with Gasteiger partial charge in [0.2, 0.25) is 0 Å². The number of aliphatic carboxylic acids is 1. The number of carbonyl (C=O) groups is 2. The topological polar surface area (TPSA) is 113 Å². The lowest BCUT2D eigenvalue weighted by Crippen LogP contribution is -2.27. The maximum absolute atomic E-state index is 13.7. The number of benzene rings is 2. The smallest absolute Gasteiger partial charge is 0.492 e. The Morgan fingerprint density at radius 1 is 1.18 bits per heavy atom. The second-order valence-electron chi connectivity index (χ2n) is 8.85. The summed E-state index contributed by atoms with van der Waals surface area (Å²) in [5, 5.41) is 11.5. The van der Waals surface area contributed by atoms with Crippen LogP contribution in [-0.4, -0.2) is 35.7 Å². The Morgan fingerprint density at radius 2 is 1.94 bits per heavy atom. The number of amides is 1. The second-order valence-corrected chi connectivity index (χ2v) is 8.85. The average molecular weight is 479 g/mol. The third-order valence-corrected chi connectivity index (χ3v) is 4.91. The number of carboxylic acids is 1. The van der Waals surface area contributed by atoms with Gasteiger partial charge in [0.25, 0.3) is 0 Å². The van der Waals surface area contributed by atoms with E-state index in [9.17, 15) is 18.4 Å². The number of carbonyl (C=O) groups excluding carboxylic acids is 1. The van der Waals surface area contributed by atoms with Gasteiger partial charge in [0.05, 0.1) is 13.0 Å². The fourth-order valence-corrected chi connectivity index (χ4v) is 3.61. The van der Waals surface area contributed by atoms with Gasteiger partial charge in [0, 0.05) is 34.9 Å². The number of halogens is 2. The molecule has 0 aromatic heterocycles. The minimum Gasteiger partial charge on any atom is -0.492 e. The van der Waals surface area contributed by atoms with Crippen LogP contribution in [0.1, 0.15) is 44.2 Å². The van der Waals surface area contributed by atoms with Gasteiger partial charge in [0.1, 0.15) is 23.7 Å². The number of anilines is 1. The van der Waals surface area contributed by atoms with Crippen LogP contribution in [-0.2, 0) is 16.1 Å². The minimum absolute atomic E-state index is 0.0532. The Balaban J connectivity index is 1.52. The average Bonchev–Trinajstić information content (AvgIpc) is 3.22. The predicted molar refractivity (Wildman–Crippen MR) is 114 cm³/mol. The van der Waals surface area contributed by atoms with Gasteiger partial charge in [-0.05, 0) is 32.9 Å². The highest BCUT2D eigenvalue weighted by Gasteiger charge is 2.45. The molecule has 2 aromatic carbocycles. The fraction of sp³-hybridized carbons (Fsp3) is 0.391. The lowest BCUT2D eigenvalue weighted by Gasteiger charge is -2.20. The van der Waals surface area contributed by atoms with Gasteiger partial charge in [-0.2, -0.15) is 0 Å². The van der Waals surface area contributed by atoms with Crippen LogP contribution < -0.4 is 24.3 Å². The number of carboxylic acid groups (broad SMARTS) is 1. The normalized spacial score (nSPS) is 17.5. The molecule has 2 aromatic rings. The van der Waals surface area contributed by atoms with Crippen molar-refractivity contribution in [3.63, 3.8) is 0 Å². The van der Waals surface area contributed by atoms with Crippen LogP contribution in [0.2, 0.25) is 0 Å². The molecule has 0 saturated carbocycles. The molecule has 0 unspecified atom stereocenters. The number of hydrogen-bond acceptors (Lipinski definition) is 7. The SMILES string of the molecule is CC(C)(C)OC(=O)Nc1cc(COc2ccc3c(c2)OC[C@H]3CC(=O)O)c2c(c1)OC(F)(F)O2. The quantitative estimate of drug-likeness (QED) is 0.603. The molecule has 0 bridgehead atoms. The van der Waals surface area contributed by atoms with E-state index < -0.39 is 24.0 Å². The molecule has 182 valence electrons. The van der Waals surface area contributed by atoms with Crippen LogP contribution in [0.5, 0.6) is 23.0 Å². The summed E-state index contributed by atoms with van der Waals surface area (Å²) in [6, 6.07) is 7.57. The van der Waals surface area contributed by atoms with Crippen LogP contribution >= 0.6 is 0 Å². The zero-order chi connectivity index (χ0) is 24.7. The van der Waals surface area contributed by atoms with Crippen LogP contribution in [0.3, 0.4) is 0 Å². The number of fused-ring (bicyclic) bond motifs is 2. The van der Waals surface area contributed by atoms with E-state index in [1.165, 1.54) is 12.1 Å². The van der Waals surface area contributed by atoms with E-state index in [4.69, 9.17) is 19.3 Å². The molecule has 4 rings (SSSR count). The molecule has 0 fully saturated rings. The number of ether oxygens (including phenoxy) is 5. The zero-order valence-electron chi connectivity index (χ0n) is 18.6. The van der Waals surface area contributed by atoms with E-state index in [-0.39, 0.29) is 48.3 Å². The van der Waals surface area contributed by atoms with Crippen molar-refractivity contribution in [2.45, 2.75) is 51.6 Å². The van der Waals surface area contributed by atoms with Crippen molar-refractivity contribution in [1.82, 2.24) is 0 Å². The molecule has 0 saturated heterocycles. The van der Waals surface area contributed by atoms with Crippen LogP contribution in [0, 0.1) is 0 Å². The minimum atomic E-state index is -3.86. The molecule has 1 atom stereocenters. The van der Waals surface area contributed by atoms with E-state index in [2.05, 4.69) is 14.8 Å². The molecular weight excluding hydrogens is 456 g/mol. The third-order valence-electron chi connectivity index (χ3n) is 4.91. The molecule has 0 aliphatic carbocycles. The number of nitrogens with one attached hydrogen (secondary N) is 1. The summed E-state index contributed by atoms with van der Waals surface area (Å²) < 4.78 is 53.1. The predicted octanol–water partition coefficient (Wildman–Crippen LogP) is 4.88. The summed E-state index contributed by atoms with van der Waals surface area (Å²) in [5.41, 5.74) is 0.363.